The third kappa shape index (κ3) is 6.80. The van der Waals surface area contributed by atoms with Crippen LogP contribution in [0.4, 0.5) is 0 Å². The van der Waals surface area contributed by atoms with Gasteiger partial charge in [0.25, 0.3) is 0 Å². The first-order valence-corrected chi connectivity index (χ1v) is 8.19. The highest BCUT2D eigenvalue weighted by molar-refractivity contribution is 5.85. The van der Waals surface area contributed by atoms with Gasteiger partial charge in [-0.1, -0.05) is 6.07 Å². The van der Waals surface area contributed by atoms with E-state index >= 15 is 0 Å². The Morgan fingerprint density at radius 1 is 1.16 bits per heavy atom. The largest absolute Gasteiger partial charge is 0.493 e. The Labute approximate surface area is 154 Å². The van der Waals surface area contributed by atoms with E-state index in [4.69, 9.17) is 15.2 Å². The quantitative estimate of drug-likeness (QED) is 0.635. The van der Waals surface area contributed by atoms with Crippen LogP contribution in [-0.4, -0.2) is 38.1 Å². The molecule has 140 valence electrons. The smallest absolute Gasteiger partial charge is 0.239 e. The number of halogens is 1. The number of methoxy groups -OCH3 is 1. The molecular weight excluding hydrogens is 346 g/mol. The van der Waals surface area contributed by atoms with Gasteiger partial charge in [0.15, 0.2) is 11.5 Å². The average molecular weight is 372 g/mol. The van der Waals surface area contributed by atoms with Crippen LogP contribution in [0.5, 0.6) is 11.5 Å². The van der Waals surface area contributed by atoms with Crippen LogP contribution in [0, 0.1) is 0 Å². The summed E-state index contributed by atoms with van der Waals surface area (Å²) in [5, 5.41) is 5.17. The highest BCUT2D eigenvalue weighted by atomic mass is 35.5. The maximum atomic E-state index is 11.7. The number of hydrogen-bond acceptors (Lipinski definition) is 5. The zero-order chi connectivity index (χ0) is 17.4. The fourth-order valence-corrected chi connectivity index (χ4v) is 2.62. The van der Waals surface area contributed by atoms with Crippen molar-refractivity contribution in [3.63, 3.8) is 0 Å². The lowest BCUT2D eigenvalue weighted by Gasteiger charge is -2.17. The van der Waals surface area contributed by atoms with Crippen LogP contribution < -0.4 is 25.8 Å². The number of carbonyl (C=O) groups is 2. The summed E-state index contributed by atoms with van der Waals surface area (Å²) in [6, 6.07) is 5.59. The molecule has 0 radical (unpaired) electrons. The van der Waals surface area contributed by atoms with E-state index in [0.29, 0.717) is 18.0 Å². The van der Waals surface area contributed by atoms with E-state index in [1.807, 2.05) is 18.2 Å². The van der Waals surface area contributed by atoms with Gasteiger partial charge in [0.1, 0.15) is 0 Å². The molecule has 1 aliphatic rings. The molecule has 0 aliphatic heterocycles. The van der Waals surface area contributed by atoms with Crippen LogP contribution in [0.2, 0.25) is 0 Å². The summed E-state index contributed by atoms with van der Waals surface area (Å²) in [6.45, 7) is 0.133. The Bertz CT molecular complexity index is 577. The summed E-state index contributed by atoms with van der Waals surface area (Å²) in [5.41, 5.74) is 6.07. The number of nitrogens with one attached hydrogen (secondary N) is 2. The summed E-state index contributed by atoms with van der Waals surface area (Å²) in [6.07, 6.45) is 4.74. The van der Waals surface area contributed by atoms with Gasteiger partial charge in [0.05, 0.1) is 26.3 Å². The van der Waals surface area contributed by atoms with E-state index in [0.717, 1.165) is 18.4 Å². The van der Waals surface area contributed by atoms with Crippen molar-refractivity contribution in [1.29, 1.82) is 0 Å². The summed E-state index contributed by atoms with van der Waals surface area (Å²) in [7, 11) is 1.61. The van der Waals surface area contributed by atoms with E-state index in [2.05, 4.69) is 10.6 Å². The zero-order valence-electron chi connectivity index (χ0n) is 14.4. The topological polar surface area (TPSA) is 103 Å². The van der Waals surface area contributed by atoms with Crippen molar-refractivity contribution in [1.82, 2.24) is 10.6 Å². The first-order valence-electron chi connectivity index (χ1n) is 8.19. The second-order valence-corrected chi connectivity index (χ2v) is 5.77. The van der Waals surface area contributed by atoms with Crippen molar-refractivity contribution in [2.24, 2.45) is 5.73 Å². The first-order chi connectivity index (χ1) is 11.6. The van der Waals surface area contributed by atoms with E-state index in [-0.39, 0.29) is 43.4 Å². The molecule has 4 N–H and O–H groups in total. The van der Waals surface area contributed by atoms with Crippen molar-refractivity contribution in [2.75, 3.05) is 20.2 Å². The van der Waals surface area contributed by atoms with Crippen LogP contribution in [-0.2, 0) is 16.1 Å². The van der Waals surface area contributed by atoms with Crippen LogP contribution >= 0.6 is 12.4 Å². The van der Waals surface area contributed by atoms with Crippen LogP contribution in [0.25, 0.3) is 0 Å². The van der Waals surface area contributed by atoms with Crippen LogP contribution in [0.1, 0.15) is 31.2 Å². The Kier molecular flexibility index (Phi) is 9.08. The monoisotopic (exact) mass is 371 g/mol. The number of nitrogens with two attached hydrogens (primary N) is 1. The molecule has 1 aromatic carbocycles. The molecule has 2 rings (SSSR count). The standard InChI is InChI=1S/C17H25N3O4.ClH/c1-23-14-7-6-12(8-15(14)24-13-4-2-3-5-13)10-19-17(22)11-20-16(21)9-18;/h6-8,13H,2-5,9-11,18H2,1H3,(H,19,22)(H,20,21);1H. The molecule has 1 aliphatic carbocycles. The molecule has 25 heavy (non-hydrogen) atoms. The fraction of sp³-hybridized carbons (Fsp3) is 0.529. The van der Waals surface area contributed by atoms with Gasteiger partial charge in [-0.25, -0.2) is 0 Å². The fourth-order valence-electron chi connectivity index (χ4n) is 2.62. The van der Waals surface area contributed by atoms with Crippen LogP contribution in [0.3, 0.4) is 0 Å². The summed E-state index contributed by atoms with van der Waals surface area (Å²) >= 11 is 0. The predicted octanol–water partition coefficient (Wildman–Crippen LogP) is 1.13. The maximum Gasteiger partial charge on any atom is 0.239 e. The van der Waals surface area contributed by atoms with Gasteiger partial charge in [0.2, 0.25) is 11.8 Å². The molecule has 0 aromatic heterocycles. The Balaban J connectivity index is 0.00000312. The molecule has 0 bridgehead atoms. The minimum Gasteiger partial charge on any atom is -0.493 e. The summed E-state index contributed by atoms with van der Waals surface area (Å²) in [4.78, 5) is 22.7. The van der Waals surface area contributed by atoms with Gasteiger partial charge < -0.3 is 25.8 Å². The maximum absolute atomic E-state index is 11.7. The van der Waals surface area contributed by atoms with Crippen molar-refractivity contribution in [3.05, 3.63) is 23.8 Å². The lowest BCUT2D eigenvalue weighted by atomic mass is 10.2. The van der Waals surface area contributed by atoms with E-state index in [1.54, 1.807) is 7.11 Å². The van der Waals surface area contributed by atoms with Gasteiger partial charge in [-0.15, -0.1) is 12.4 Å². The number of carbonyl (C=O) groups excluding carboxylic acids is 2. The molecule has 1 aromatic rings. The lowest BCUT2D eigenvalue weighted by Crippen LogP contribution is -2.39. The zero-order valence-corrected chi connectivity index (χ0v) is 15.2. The second kappa shape index (κ2) is 10.8. The summed E-state index contributed by atoms with van der Waals surface area (Å²) in [5.74, 6) is 0.757. The minimum atomic E-state index is -0.359. The van der Waals surface area contributed by atoms with Crippen LogP contribution in [0.15, 0.2) is 18.2 Å². The Morgan fingerprint density at radius 2 is 1.88 bits per heavy atom. The molecule has 1 saturated carbocycles. The van der Waals surface area contributed by atoms with Gasteiger partial charge in [0, 0.05) is 6.54 Å². The molecule has 0 atom stereocenters. The molecular formula is C17H26ClN3O4. The highest BCUT2D eigenvalue weighted by Crippen LogP contribution is 2.32. The molecule has 0 spiro atoms. The third-order valence-electron chi connectivity index (χ3n) is 3.95. The molecule has 1 fully saturated rings. The number of amides is 2. The Hall–Kier alpha value is -1.99. The highest BCUT2D eigenvalue weighted by Gasteiger charge is 2.18. The number of ether oxygens (including phenoxy) is 2. The van der Waals surface area contributed by atoms with Gasteiger partial charge >= 0.3 is 0 Å². The van der Waals surface area contributed by atoms with Gasteiger partial charge in [-0.3, -0.25) is 9.59 Å². The van der Waals surface area contributed by atoms with Crippen molar-refractivity contribution in [3.8, 4) is 11.5 Å². The Morgan fingerprint density at radius 3 is 2.52 bits per heavy atom. The minimum absolute atomic E-state index is 0. The molecule has 7 nitrogen and oxygen atoms in total. The van der Waals surface area contributed by atoms with E-state index < -0.39 is 0 Å². The molecule has 0 saturated heterocycles. The number of hydrogen-bond donors (Lipinski definition) is 3. The molecule has 0 heterocycles. The molecule has 0 unspecified atom stereocenters. The van der Waals surface area contributed by atoms with Crippen molar-refractivity contribution in [2.45, 2.75) is 38.3 Å². The first kappa shape index (κ1) is 21.1. The second-order valence-electron chi connectivity index (χ2n) is 5.77. The summed E-state index contributed by atoms with van der Waals surface area (Å²) < 4.78 is 11.4. The SMILES string of the molecule is COc1ccc(CNC(=O)CNC(=O)CN)cc1OC1CCCC1.Cl. The van der Waals surface area contributed by atoms with Gasteiger partial charge in [-0.05, 0) is 43.4 Å². The third-order valence-corrected chi connectivity index (χ3v) is 3.95. The molecule has 2 amide bonds. The number of benzene rings is 1. The van der Waals surface area contributed by atoms with Gasteiger partial charge in [-0.2, -0.15) is 0 Å². The number of rotatable bonds is 8. The van der Waals surface area contributed by atoms with E-state index in [1.165, 1.54) is 12.8 Å². The average Bonchev–Trinajstić information content (AvgIpc) is 3.11. The molecule has 8 heteroatoms. The predicted molar refractivity (Wildman–Crippen MR) is 97.0 cm³/mol. The lowest BCUT2D eigenvalue weighted by molar-refractivity contribution is -0.125. The normalized spacial score (nSPS) is 13.7. The van der Waals surface area contributed by atoms with Crippen molar-refractivity contribution >= 4 is 24.2 Å². The van der Waals surface area contributed by atoms with Crippen molar-refractivity contribution < 1.29 is 19.1 Å². The van der Waals surface area contributed by atoms with E-state index in [9.17, 15) is 9.59 Å².